The van der Waals surface area contributed by atoms with Crippen molar-refractivity contribution < 1.29 is 71.7 Å². The maximum absolute atomic E-state index is 15.3. The topological polar surface area (TPSA) is 0 Å². The van der Waals surface area contributed by atoms with E-state index in [0.717, 1.165) is 0 Å². The Morgan fingerprint density at radius 3 is 0.610 bits per heavy atom. The smallest absolute Gasteiger partial charge is 0.210 e. The van der Waals surface area contributed by atoms with Crippen LogP contribution in [0.1, 0.15) is 1.43 Å². The van der Waals surface area contributed by atoms with Gasteiger partial charge in [-0.05, 0) is 0 Å². The Kier molecular flexibility index (Phi) is 7.29. The zero-order valence-electron chi connectivity index (χ0n) is 19.9. The minimum absolute atomic E-state index is 0. The summed E-state index contributed by atoms with van der Waals surface area (Å²) < 4.78 is 235. The average molecular weight is 608 g/mol. The van der Waals surface area contributed by atoms with Gasteiger partial charge in [0.05, 0.1) is 23.3 Å². The van der Waals surface area contributed by atoms with Crippen molar-refractivity contribution in [1.82, 2.24) is 0 Å². The summed E-state index contributed by atoms with van der Waals surface area (Å²) >= 11 is 0. The molecule has 4 rings (SSSR count). The normalized spacial score (nSPS) is 11.9. The fourth-order valence-electron chi connectivity index (χ4n) is 4.77. The Morgan fingerprint density at radius 1 is 0.268 bits per heavy atom. The van der Waals surface area contributed by atoms with Crippen LogP contribution in [0.2, 0.25) is 0 Å². The molecule has 0 bridgehead atoms. The Balaban J connectivity index is 0.00000484. The van der Waals surface area contributed by atoms with Gasteiger partial charge in [-0.2, -0.15) is 0 Å². The molecule has 0 unspecified atom stereocenters. The molecule has 216 valence electrons. The molecule has 0 fully saturated rings. The van der Waals surface area contributed by atoms with Crippen molar-refractivity contribution in [2.75, 3.05) is 0 Å². The van der Waals surface area contributed by atoms with Gasteiger partial charge in [0, 0.05) is 24.3 Å². The first-order chi connectivity index (χ1) is 19.0. The summed E-state index contributed by atoms with van der Waals surface area (Å²) in [5.41, 5.74) is -10.9. The highest BCUT2D eigenvalue weighted by Gasteiger charge is 2.49. The second-order valence-electron chi connectivity index (χ2n) is 8.39. The molecule has 41 heavy (non-hydrogen) atoms. The van der Waals surface area contributed by atoms with Gasteiger partial charge in [0.2, 0.25) is 0 Å². The van der Waals surface area contributed by atoms with Crippen molar-refractivity contribution in [2.45, 2.75) is 0 Å². The molecule has 0 atom stereocenters. The van der Waals surface area contributed by atoms with E-state index in [1.165, 1.54) is 0 Å². The molecule has 0 N–H and O–H groups in total. The van der Waals surface area contributed by atoms with Crippen LogP contribution >= 0.6 is 0 Å². The molecule has 0 aliphatic carbocycles. The molecule has 0 spiro atoms. The van der Waals surface area contributed by atoms with Crippen LogP contribution in [0.3, 0.4) is 0 Å². The summed E-state index contributed by atoms with van der Waals surface area (Å²) in [5.74, 6) is -45.1. The van der Waals surface area contributed by atoms with E-state index in [4.69, 9.17) is 0 Å². The maximum Gasteiger partial charge on any atom is 1.00 e. The summed E-state index contributed by atoms with van der Waals surface area (Å²) in [6, 6.07) is -2.92. The van der Waals surface area contributed by atoms with Gasteiger partial charge in [-0.25, -0.2) is 70.2 Å². The van der Waals surface area contributed by atoms with E-state index in [0.29, 0.717) is 0 Å². The standard InChI is InChI=1S/C24H4BF16/c26-5-1-9(30)17(34)21(38)13(5)25(14-6(27)2-10(31)18(35)22(14)39,15-7(28)3-11(32)19(36)23(15)40)16-8(29)4-12(33)20(37)24(16)41/h1-4H/q-1/p+1. The molecule has 0 saturated carbocycles. The lowest BCUT2D eigenvalue weighted by molar-refractivity contribution is 0.434. The lowest BCUT2D eigenvalue weighted by Gasteiger charge is -2.44. The fraction of sp³-hybridized carbons (Fsp3) is 0. The van der Waals surface area contributed by atoms with Crippen molar-refractivity contribution in [3.8, 4) is 0 Å². The van der Waals surface area contributed by atoms with Crippen molar-refractivity contribution in [3.63, 3.8) is 0 Å². The molecule has 0 radical (unpaired) electrons. The zero-order chi connectivity index (χ0) is 30.9. The van der Waals surface area contributed by atoms with Crippen LogP contribution in [0.4, 0.5) is 70.2 Å². The van der Waals surface area contributed by atoms with Crippen LogP contribution in [0, 0.1) is 93.1 Å². The van der Waals surface area contributed by atoms with E-state index in [-0.39, 0.29) is 1.43 Å². The van der Waals surface area contributed by atoms with E-state index in [1.54, 1.807) is 0 Å². The second-order valence-corrected chi connectivity index (χ2v) is 8.39. The first-order valence-corrected chi connectivity index (χ1v) is 10.5. The molecule has 0 aliphatic heterocycles. The van der Waals surface area contributed by atoms with E-state index in [9.17, 15) is 35.1 Å². The van der Waals surface area contributed by atoms with E-state index in [2.05, 4.69) is 0 Å². The number of hydrogen-bond donors (Lipinski definition) is 0. The predicted molar refractivity (Wildman–Crippen MR) is 110 cm³/mol. The molecule has 0 aromatic heterocycles. The van der Waals surface area contributed by atoms with Crippen LogP contribution in [-0.4, -0.2) is 6.15 Å². The third-order valence-electron chi connectivity index (χ3n) is 6.33. The molecule has 17 heteroatoms. The maximum atomic E-state index is 15.3. The first-order valence-electron chi connectivity index (χ1n) is 10.5. The van der Waals surface area contributed by atoms with Crippen LogP contribution < -0.4 is 21.9 Å². The summed E-state index contributed by atoms with van der Waals surface area (Å²) in [5, 5.41) is 0. The summed E-state index contributed by atoms with van der Waals surface area (Å²) in [6.07, 6.45) is -6.18. The Bertz CT molecular complexity index is 1510. The van der Waals surface area contributed by atoms with Gasteiger partial charge in [-0.1, -0.05) is 0 Å². The average Bonchev–Trinajstić information content (AvgIpc) is 2.87. The molecule has 0 nitrogen and oxygen atoms in total. The third kappa shape index (κ3) is 4.11. The highest BCUT2D eigenvalue weighted by molar-refractivity contribution is 7.20. The number of benzene rings is 4. The molecular weight excluding hydrogens is 603 g/mol. The Labute approximate surface area is 217 Å². The lowest BCUT2D eigenvalue weighted by Crippen LogP contribution is -2.80. The summed E-state index contributed by atoms with van der Waals surface area (Å²) in [4.78, 5) is 0. The quantitative estimate of drug-likeness (QED) is 0.126. The van der Waals surface area contributed by atoms with Crippen molar-refractivity contribution in [1.29, 1.82) is 0 Å². The van der Waals surface area contributed by atoms with Crippen molar-refractivity contribution >= 4 is 28.0 Å². The SMILES string of the molecule is Fc1cc(F)c([B-](c2c(F)cc(F)c(F)c2F)(c2c(F)cc(F)c(F)c2F)c2c(F)cc(F)c(F)c2F)c(F)c1F.[H+]. The third-order valence-corrected chi connectivity index (χ3v) is 6.33. The molecule has 0 aliphatic rings. The van der Waals surface area contributed by atoms with Gasteiger partial charge in [0.1, 0.15) is 29.4 Å². The van der Waals surface area contributed by atoms with Crippen LogP contribution in [-0.2, 0) is 0 Å². The van der Waals surface area contributed by atoms with Crippen LogP contribution in [0.25, 0.3) is 0 Å². The van der Waals surface area contributed by atoms with Crippen LogP contribution in [0.5, 0.6) is 0 Å². The van der Waals surface area contributed by atoms with Crippen molar-refractivity contribution in [3.05, 3.63) is 117 Å². The lowest BCUT2D eigenvalue weighted by atomic mass is 9.12. The molecule has 0 saturated heterocycles. The fourth-order valence-corrected chi connectivity index (χ4v) is 4.77. The molecule has 4 aromatic carbocycles. The summed E-state index contributed by atoms with van der Waals surface area (Å²) in [6.45, 7) is 0. The number of rotatable bonds is 4. The Morgan fingerprint density at radius 2 is 0.439 bits per heavy atom. The van der Waals surface area contributed by atoms with Crippen LogP contribution in [0.15, 0.2) is 24.3 Å². The van der Waals surface area contributed by atoms with Gasteiger partial charge in [0.25, 0.3) is 0 Å². The Hall–Kier alpha value is -4.18. The van der Waals surface area contributed by atoms with E-state index < -0.39 is 145 Å². The molecule has 0 amide bonds. The molecular formula is C24H5BF16. The second kappa shape index (κ2) is 10.0. The predicted octanol–water partition coefficient (Wildman–Crippen LogP) is 5.40. The monoisotopic (exact) mass is 608 g/mol. The highest BCUT2D eigenvalue weighted by Crippen LogP contribution is 2.27. The largest absolute Gasteiger partial charge is 1.00 e. The zero-order valence-corrected chi connectivity index (χ0v) is 18.9. The van der Waals surface area contributed by atoms with Gasteiger partial charge in [0.15, 0.2) is 46.5 Å². The molecule has 0 heterocycles. The highest BCUT2D eigenvalue weighted by atomic mass is 19.2. The number of hydrogen-bond acceptors (Lipinski definition) is 0. The van der Waals surface area contributed by atoms with Gasteiger partial charge < -0.3 is 0 Å². The molecule has 4 aromatic rings. The van der Waals surface area contributed by atoms with Gasteiger partial charge in [-0.3, -0.25) is 0 Å². The minimum Gasteiger partial charge on any atom is -0.210 e. The first kappa shape index (κ1) is 29.8. The van der Waals surface area contributed by atoms with E-state index >= 15 is 35.1 Å². The van der Waals surface area contributed by atoms with Crippen molar-refractivity contribution in [2.24, 2.45) is 0 Å². The van der Waals surface area contributed by atoms with E-state index in [1.807, 2.05) is 0 Å². The van der Waals surface area contributed by atoms with Gasteiger partial charge >= 0.3 is 1.43 Å². The summed E-state index contributed by atoms with van der Waals surface area (Å²) in [7, 11) is 0. The minimum atomic E-state index is -6.18. The number of halogens is 16. The van der Waals surface area contributed by atoms with Gasteiger partial charge in [-0.15, -0.1) is 21.9 Å².